The molecule has 0 atom stereocenters. The highest BCUT2D eigenvalue weighted by molar-refractivity contribution is 5.70. The standard InChI is InChI=1S/C28H28FN5O2/c1-3-6-26-24(15-20-10-9-19(16-25(20)29)23-8-5-4-7-21(23)17-30)27(35)33(22-11-13-36-14-12-22)28-31-18(2)32-34(26)28/h4-5,7-10,16,22H,3,6,11-15H2,1-2H3. The van der Waals surface area contributed by atoms with E-state index in [1.165, 1.54) is 6.07 Å². The number of nitrogens with zero attached hydrogens (tertiary/aromatic N) is 5. The van der Waals surface area contributed by atoms with Gasteiger partial charge in [0.1, 0.15) is 11.6 Å². The third-order valence-electron chi connectivity index (χ3n) is 6.81. The fourth-order valence-electron chi connectivity index (χ4n) is 5.05. The summed E-state index contributed by atoms with van der Waals surface area (Å²) < 4.78 is 24.5. The summed E-state index contributed by atoms with van der Waals surface area (Å²) in [5.74, 6) is 0.728. The van der Waals surface area contributed by atoms with Gasteiger partial charge in [0, 0.05) is 31.2 Å². The van der Waals surface area contributed by atoms with E-state index in [-0.39, 0.29) is 18.0 Å². The Balaban J connectivity index is 1.63. The second-order valence-corrected chi connectivity index (χ2v) is 9.21. The molecule has 8 heteroatoms. The van der Waals surface area contributed by atoms with Crippen LogP contribution in [0.5, 0.6) is 0 Å². The Kier molecular flexibility index (Phi) is 6.66. The molecular formula is C28H28FN5O2. The topological polar surface area (TPSA) is 85.2 Å². The lowest BCUT2D eigenvalue weighted by molar-refractivity contribution is 0.0693. The zero-order valence-electron chi connectivity index (χ0n) is 20.5. The molecule has 36 heavy (non-hydrogen) atoms. The minimum Gasteiger partial charge on any atom is -0.381 e. The molecule has 4 aromatic rings. The van der Waals surface area contributed by atoms with Gasteiger partial charge in [-0.3, -0.25) is 9.36 Å². The van der Waals surface area contributed by atoms with Gasteiger partial charge in [0.25, 0.3) is 5.56 Å². The average Bonchev–Trinajstić information content (AvgIpc) is 3.28. The smallest absolute Gasteiger partial charge is 0.259 e. The van der Waals surface area contributed by atoms with E-state index in [0.29, 0.717) is 59.1 Å². The van der Waals surface area contributed by atoms with Crippen molar-refractivity contribution in [2.24, 2.45) is 0 Å². The molecule has 0 amide bonds. The number of aromatic nitrogens is 4. The minimum absolute atomic E-state index is 0.0403. The summed E-state index contributed by atoms with van der Waals surface area (Å²) in [4.78, 5) is 18.6. The van der Waals surface area contributed by atoms with Crippen molar-refractivity contribution < 1.29 is 9.13 Å². The third-order valence-corrected chi connectivity index (χ3v) is 6.81. The lowest BCUT2D eigenvalue weighted by Gasteiger charge is -2.26. The maximum Gasteiger partial charge on any atom is 0.259 e. The maximum absolute atomic E-state index is 15.4. The highest BCUT2D eigenvalue weighted by Gasteiger charge is 2.26. The first kappa shape index (κ1) is 23.9. The largest absolute Gasteiger partial charge is 0.381 e. The summed E-state index contributed by atoms with van der Waals surface area (Å²) in [6.45, 7) is 5.04. The van der Waals surface area contributed by atoms with Crippen LogP contribution in [0.1, 0.15) is 60.4 Å². The molecule has 3 heterocycles. The van der Waals surface area contributed by atoms with Crippen LogP contribution in [-0.2, 0) is 17.6 Å². The molecule has 1 fully saturated rings. The van der Waals surface area contributed by atoms with E-state index < -0.39 is 5.82 Å². The molecule has 7 nitrogen and oxygen atoms in total. The SMILES string of the molecule is CCCc1c(Cc2ccc(-c3ccccc3C#N)cc2F)c(=O)n(C2CCOCC2)c2nc(C)nn12. The summed E-state index contributed by atoms with van der Waals surface area (Å²) >= 11 is 0. The fourth-order valence-corrected chi connectivity index (χ4v) is 5.05. The molecule has 0 saturated carbocycles. The van der Waals surface area contributed by atoms with Gasteiger partial charge in [-0.1, -0.05) is 43.7 Å². The van der Waals surface area contributed by atoms with Crippen LogP contribution in [0.25, 0.3) is 16.9 Å². The summed E-state index contributed by atoms with van der Waals surface area (Å²) in [5.41, 5.74) is 3.41. The molecule has 184 valence electrons. The van der Waals surface area contributed by atoms with Crippen molar-refractivity contribution in [2.45, 2.75) is 52.0 Å². The first-order valence-corrected chi connectivity index (χ1v) is 12.4. The van der Waals surface area contributed by atoms with E-state index in [4.69, 9.17) is 4.74 Å². The van der Waals surface area contributed by atoms with Crippen LogP contribution >= 0.6 is 0 Å². The summed E-state index contributed by atoms with van der Waals surface area (Å²) in [7, 11) is 0. The van der Waals surface area contributed by atoms with Gasteiger partial charge in [-0.2, -0.15) is 15.3 Å². The second kappa shape index (κ2) is 10.0. The first-order chi connectivity index (χ1) is 17.5. The quantitative estimate of drug-likeness (QED) is 0.393. The number of fused-ring (bicyclic) bond motifs is 1. The molecule has 2 aromatic carbocycles. The third kappa shape index (κ3) is 4.31. The zero-order valence-corrected chi connectivity index (χ0v) is 20.5. The Hall–Kier alpha value is -3.83. The normalized spacial score (nSPS) is 14.3. The molecule has 0 radical (unpaired) electrons. The first-order valence-electron chi connectivity index (χ1n) is 12.4. The number of nitriles is 1. The van der Waals surface area contributed by atoms with Crippen molar-refractivity contribution in [1.82, 2.24) is 19.2 Å². The molecular weight excluding hydrogens is 457 g/mol. The van der Waals surface area contributed by atoms with Gasteiger partial charge in [-0.05, 0) is 55.0 Å². The molecule has 0 aliphatic carbocycles. The van der Waals surface area contributed by atoms with Crippen LogP contribution in [0.15, 0.2) is 47.3 Å². The number of rotatable bonds is 6. The van der Waals surface area contributed by atoms with Crippen LogP contribution in [0, 0.1) is 24.1 Å². The minimum atomic E-state index is -0.408. The molecule has 1 aliphatic rings. The summed E-state index contributed by atoms with van der Waals surface area (Å²) in [6.07, 6.45) is 3.03. The second-order valence-electron chi connectivity index (χ2n) is 9.21. The number of hydrogen-bond acceptors (Lipinski definition) is 5. The summed E-state index contributed by atoms with van der Waals surface area (Å²) in [5, 5.41) is 14.0. The number of aryl methyl sites for hydroxylation is 2. The monoisotopic (exact) mass is 485 g/mol. The van der Waals surface area contributed by atoms with Gasteiger partial charge in [0.05, 0.1) is 17.3 Å². The highest BCUT2D eigenvalue weighted by atomic mass is 19.1. The van der Waals surface area contributed by atoms with Gasteiger partial charge in [0.2, 0.25) is 5.78 Å². The van der Waals surface area contributed by atoms with Crippen LogP contribution in [0.4, 0.5) is 4.39 Å². The predicted octanol–water partition coefficient (Wildman–Crippen LogP) is 4.77. The molecule has 0 N–H and O–H groups in total. The fraction of sp³-hybridized carbons (Fsp3) is 0.357. The van der Waals surface area contributed by atoms with Crippen molar-refractivity contribution in [3.05, 3.63) is 86.8 Å². The average molecular weight is 486 g/mol. The molecule has 5 rings (SSSR count). The van der Waals surface area contributed by atoms with Crippen molar-refractivity contribution in [3.8, 4) is 17.2 Å². The van der Waals surface area contributed by atoms with Crippen LogP contribution in [0.3, 0.4) is 0 Å². The number of ether oxygens (including phenoxy) is 1. The lowest BCUT2D eigenvalue weighted by atomic mass is 9.96. The maximum atomic E-state index is 15.4. The van der Waals surface area contributed by atoms with E-state index in [2.05, 4.69) is 16.2 Å². The van der Waals surface area contributed by atoms with E-state index in [9.17, 15) is 10.1 Å². The van der Waals surface area contributed by atoms with Crippen LogP contribution in [-0.4, -0.2) is 32.4 Å². The number of halogens is 1. The van der Waals surface area contributed by atoms with Gasteiger partial charge < -0.3 is 4.74 Å². The zero-order chi connectivity index (χ0) is 25.2. The van der Waals surface area contributed by atoms with Crippen molar-refractivity contribution in [2.75, 3.05) is 13.2 Å². The van der Waals surface area contributed by atoms with Gasteiger partial charge >= 0.3 is 0 Å². The van der Waals surface area contributed by atoms with E-state index in [1.807, 2.05) is 26.0 Å². The Morgan fingerprint density at radius 3 is 2.69 bits per heavy atom. The van der Waals surface area contributed by atoms with Crippen molar-refractivity contribution >= 4 is 5.78 Å². The Bertz CT molecular complexity index is 1530. The highest BCUT2D eigenvalue weighted by Crippen LogP contribution is 2.27. The molecule has 2 aromatic heterocycles. The van der Waals surface area contributed by atoms with E-state index in [1.54, 1.807) is 33.3 Å². The Labute approximate surface area is 208 Å². The lowest BCUT2D eigenvalue weighted by Crippen LogP contribution is -2.34. The number of hydrogen-bond donors (Lipinski definition) is 0. The van der Waals surface area contributed by atoms with Crippen molar-refractivity contribution in [1.29, 1.82) is 5.26 Å². The molecule has 0 unspecified atom stereocenters. The predicted molar refractivity (Wildman–Crippen MR) is 134 cm³/mol. The Morgan fingerprint density at radius 2 is 1.97 bits per heavy atom. The van der Waals surface area contributed by atoms with E-state index in [0.717, 1.165) is 25.0 Å². The van der Waals surface area contributed by atoms with Crippen LogP contribution < -0.4 is 5.56 Å². The van der Waals surface area contributed by atoms with Gasteiger partial charge in [-0.15, -0.1) is 0 Å². The number of benzene rings is 2. The Morgan fingerprint density at radius 1 is 1.19 bits per heavy atom. The van der Waals surface area contributed by atoms with Gasteiger partial charge in [-0.25, -0.2) is 8.91 Å². The molecule has 1 saturated heterocycles. The molecule has 0 spiro atoms. The molecule has 1 aliphatic heterocycles. The van der Waals surface area contributed by atoms with Crippen molar-refractivity contribution in [3.63, 3.8) is 0 Å². The van der Waals surface area contributed by atoms with Crippen LogP contribution in [0.2, 0.25) is 0 Å². The van der Waals surface area contributed by atoms with E-state index >= 15 is 4.39 Å². The summed E-state index contributed by atoms with van der Waals surface area (Å²) in [6, 6.07) is 14.2. The molecule has 0 bridgehead atoms. The van der Waals surface area contributed by atoms with Gasteiger partial charge in [0.15, 0.2) is 0 Å².